The number of ether oxygens (including phenoxy) is 4. The molecular weight excluding hydrogens is 508 g/mol. The fraction of sp³-hybridized carbons (Fsp3) is 0.444. The molecule has 2 aromatic rings. The highest BCUT2D eigenvalue weighted by atomic mass is 32.2. The molecule has 0 aliphatic carbocycles. The Balaban J connectivity index is 1.37. The topological polar surface area (TPSA) is 102 Å². The van der Waals surface area contributed by atoms with Crippen LogP contribution in [-0.4, -0.2) is 85.9 Å². The predicted molar refractivity (Wildman–Crippen MR) is 147 cm³/mol. The van der Waals surface area contributed by atoms with Gasteiger partial charge in [0.2, 0.25) is 0 Å². The summed E-state index contributed by atoms with van der Waals surface area (Å²) in [6.45, 7) is 6.47. The highest BCUT2D eigenvalue weighted by molar-refractivity contribution is 8.14. The van der Waals surface area contributed by atoms with Gasteiger partial charge in [0.05, 0.1) is 44.9 Å². The molecule has 2 aromatic carbocycles. The van der Waals surface area contributed by atoms with Crippen LogP contribution in [0.1, 0.15) is 24.5 Å². The van der Waals surface area contributed by atoms with E-state index in [1.54, 1.807) is 26.4 Å². The fourth-order valence-electron chi connectivity index (χ4n) is 4.20. The minimum absolute atomic E-state index is 0.0577. The van der Waals surface area contributed by atoms with Gasteiger partial charge in [0.15, 0.2) is 11.5 Å². The summed E-state index contributed by atoms with van der Waals surface area (Å²) in [5.74, 6) is 1.25. The number of thioether (sulfide) groups is 1. The van der Waals surface area contributed by atoms with Gasteiger partial charge in [-0.05, 0) is 42.3 Å². The van der Waals surface area contributed by atoms with E-state index in [-0.39, 0.29) is 10.5 Å². The van der Waals surface area contributed by atoms with E-state index in [0.29, 0.717) is 50.1 Å². The maximum atomic E-state index is 12.8. The molecule has 2 aliphatic rings. The third-order valence-electron chi connectivity index (χ3n) is 6.31. The summed E-state index contributed by atoms with van der Waals surface area (Å²) in [6, 6.07) is 12.9. The molecule has 0 aromatic heterocycles. The maximum Gasteiger partial charge on any atom is 0.411 e. The van der Waals surface area contributed by atoms with E-state index in [1.165, 1.54) is 16.8 Å². The minimum atomic E-state index is -0.497. The summed E-state index contributed by atoms with van der Waals surface area (Å²) in [4.78, 5) is 27.2. The Morgan fingerprint density at radius 1 is 1.11 bits per heavy atom. The highest BCUT2D eigenvalue weighted by Crippen LogP contribution is 2.33. The lowest BCUT2D eigenvalue weighted by atomic mass is 10.0. The van der Waals surface area contributed by atoms with Crippen molar-refractivity contribution in [2.24, 2.45) is 5.10 Å². The molecule has 0 bridgehead atoms. The zero-order valence-electron chi connectivity index (χ0n) is 22.0. The van der Waals surface area contributed by atoms with Gasteiger partial charge in [-0.1, -0.05) is 30.8 Å². The molecule has 1 fully saturated rings. The van der Waals surface area contributed by atoms with Crippen LogP contribution in [-0.2, 0) is 16.0 Å². The number of nitrogens with one attached hydrogen (secondary N) is 1. The molecule has 4 rings (SSSR count). The third-order valence-corrected chi connectivity index (χ3v) is 7.57. The average Bonchev–Trinajstić information content (AvgIpc) is 2.95. The van der Waals surface area contributed by atoms with E-state index in [4.69, 9.17) is 24.0 Å². The molecule has 11 heteroatoms. The Morgan fingerprint density at radius 2 is 1.84 bits per heavy atom. The average molecular weight is 543 g/mol. The van der Waals surface area contributed by atoms with Gasteiger partial charge in [0.1, 0.15) is 6.61 Å². The first-order valence-electron chi connectivity index (χ1n) is 12.6. The van der Waals surface area contributed by atoms with Crippen molar-refractivity contribution in [3.63, 3.8) is 0 Å². The highest BCUT2D eigenvalue weighted by Gasteiger charge is 2.30. The Bertz CT molecular complexity index is 1140. The second-order valence-corrected chi connectivity index (χ2v) is 9.96. The largest absolute Gasteiger partial charge is 0.493 e. The predicted octanol–water partition coefficient (Wildman–Crippen LogP) is 4.44. The summed E-state index contributed by atoms with van der Waals surface area (Å²) in [5.41, 5.74) is 3.20. The zero-order valence-corrected chi connectivity index (χ0v) is 22.8. The lowest BCUT2D eigenvalue weighted by Gasteiger charge is -2.28. The third kappa shape index (κ3) is 7.18. The maximum absolute atomic E-state index is 12.8. The smallest absolute Gasteiger partial charge is 0.411 e. The fourth-order valence-corrected chi connectivity index (χ4v) is 5.13. The lowest BCUT2D eigenvalue weighted by molar-refractivity contribution is 0.0290. The summed E-state index contributed by atoms with van der Waals surface area (Å²) >= 11 is 1.27. The van der Waals surface area contributed by atoms with Gasteiger partial charge >= 0.3 is 11.3 Å². The SMILES string of the molecule is CCC1SC(=O)N(Cc2ccc(NC(=O)OCCN3CCOCC3)cc2)N=C1c1ccc(OC)c(OC)c1. The number of carbonyl (C=O) groups is 2. The number of benzene rings is 2. The van der Waals surface area contributed by atoms with E-state index in [9.17, 15) is 9.59 Å². The van der Waals surface area contributed by atoms with Crippen LogP contribution in [0.2, 0.25) is 0 Å². The molecule has 38 heavy (non-hydrogen) atoms. The molecule has 10 nitrogen and oxygen atoms in total. The van der Waals surface area contributed by atoms with Crippen LogP contribution < -0.4 is 14.8 Å². The Morgan fingerprint density at radius 3 is 2.53 bits per heavy atom. The van der Waals surface area contributed by atoms with Crippen molar-refractivity contribution >= 4 is 34.5 Å². The zero-order chi connectivity index (χ0) is 26.9. The molecule has 0 saturated carbocycles. The number of rotatable bonds is 10. The van der Waals surface area contributed by atoms with E-state index < -0.39 is 6.09 Å². The van der Waals surface area contributed by atoms with Crippen molar-refractivity contribution in [3.8, 4) is 11.5 Å². The van der Waals surface area contributed by atoms with Crippen LogP contribution in [0.25, 0.3) is 0 Å². The van der Waals surface area contributed by atoms with Gasteiger partial charge in [0, 0.05) is 30.9 Å². The molecule has 2 heterocycles. The van der Waals surface area contributed by atoms with Crippen LogP contribution in [0.3, 0.4) is 0 Å². The summed E-state index contributed by atoms with van der Waals surface area (Å²) in [7, 11) is 3.19. The molecule has 0 spiro atoms. The molecule has 1 atom stereocenters. The number of carbonyl (C=O) groups excluding carboxylic acids is 2. The van der Waals surface area contributed by atoms with Gasteiger partial charge in [0.25, 0.3) is 0 Å². The van der Waals surface area contributed by atoms with Crippen molar-refractivity contribution < 1.29 is 28.5 Å². The monoisotopic (exact) mass is 542 g/mol. The number of hydrogen-bond donors (Lipinski definition) is 1. The molecule has 1 N–H and O–H groups in total. The van der Waals surface area contributed by atoms with E-state index in [1.807, 2.05) is 37.3 Å². The quantitative estimate of drug-likeness (QED) is 0.470. The van der Waals surface area contributed by atoms with Crippen molar-refractivity contribution in [2.45, 2.75) is 25.1 Å². The van der Waals surface area contributed by atoms with E-state index >= 15 is 0 Å². The van der Waals surface area contributed by atoms with Crippen LogP contribution in [0, 0.1) is 0 Å². The molecule has 0 radical (unpaired) electrons. The second-order valence-electron chi connectivity index (χ2n) is 8.81. The molecule has 1 saturated heterocycles. The standard InChI is InChI=1S/C27H34N4O6S/c1-4-24-25(20-7-10-22(34-2)23(17-20)35-3)29-31(27(33)38-24)18-19-5-8-21(9-6-19)28-26(32)37-16-13-30-11-14-36-15-12-30/h5-10,17,24H,4,11-16,18H2,1-3H3,(H,28,32). The first-order valence-corrected chi connectivity index (χ1v) is 13.5. The number of methoxy groups -OCH3 is 2. The normalized spacial score (nSPS) is 18.1. The number of nitrogens with zero attached hydrogens (tertiary/aromatic N) is 3. The summed E-state index contributed by atoms with van der Waals surface area (Å²) in [5, 5.41) is 8.79. The van der Waals surface area contributed by atoms with Crippen LogP contribution in [0.15, 0.2) is 47.6 Å². The molecule has 1 unspecified atom stereocenters. The van der Waals surface area contributed by atoms with E-state index in [2.05, 4.69) is 10.2 Å². The first kappa shape index (κ1) is 27.7. The summed E-state index contributed by atoms with van der Waals surface area (Å²) in [6.07, 6.45) is 0.267. The van der Waals surface area contributed by atoms with Crippen molar-refractivity contribution in [1.82, 2.24) is 9.91 Å². The number of hydrogen-bond acceptors (Lipinski definition) is 9. The first-order chi connectivity index (χ1) is 18.5. The van der Waals surface area contributed by atoms with Gasteiger partial charge in [-0.2, -0.15) is 5.10 Å². The second kappa shape index (κ2) is 13.5. The van der Waals surface area contributed by atoms with Crippen molar-refractivity contribution in [1.29, 1.82) is 0 Å². The lowest BCUT2D eigenvalue weighted by Crippen LogP contribution is -2.38. The van der Waals surface area contributed by atoms with Gasteiger partial charge < -0.3 is 18.9 Å². The number of anilines is 1. The molecule has 204 valence electrons. The number of amides is 2. The van der Waals surface area contributed by atoms with Crippen molar-refractivity contribution in [2.75, 3.05) is 59.0 Å². The Hall–Kier alpha value is -3.28. The Kier molecular flexibility index (Phi) is 9.85. The van der Waals surface area contributed by atoms with Crippen LogP contribution in [0.5, 0.6) is 11.5 Å². The number of morpholine rings is 1. The summed E-state index contributed by atoms with van der Waals surface area (Å²) < 4.78 is 21.4. The molecule has 2 amide bonds. The van der Waals surface area contributed by atoms with Gasteiger partial charge in [-0.25, -0.2) is 9.80 Å². The molecular formula is C27H34N4O6S. The van der Waals surface area contributed by atoms with Gasteiger partial charge in [-0.15, -0.1) is 0 Å². The Labute approximate surface area is 227 Å². The van der Waals surface area contributed by atoms with Crippen molar-refractivity contribution in [3.05, 3.63) is 53.6 Å². The minimum Gasteiger partial charge on any atom is -0.493 e. The number of hydrazone groups is 1. The van der Waals surface area contributed by atoms with E-state index in [0.717, 1.165) is 36.3 Å². The van der Waals surface area contributed by atoms with Gasteiger partial charge in [-0.3, -0.25) is 15.0 Å². The molecule has 2 aliphatic heterocycles. The van der Waals surface area contributed by atoms with Crippen LogP contribution in [0.4, 0.5) is 15.3 Å². The van der Waals surface area contributed by atoms with Crippen LogP contribution >= 0.6 is 11.8 Å².